The van der Waals surface area contributed by atoms with Crippen molar-refractivity contribution in [3.8, 4) is 0 Å². The van der Waals surface area contributed by atoms with Crippen LogP contribution in [0.4, 0.5) is 0 Å². The van der Waals surface area contributed by atoms with Crippen molar-refractivity contribution in [1.29, 1.82) is 0 Å². The van der Waals surface area contributed by atoms with Crippen molar-refractivity contribution in [3.63, 3.8) is 0 Å². The molecule has 76 valence electrons. The van der Waals surface area contributed by atoms with E-state index in [1.807, 2.05) is 18.3 Å². The third-order valence-corrected chi connectivity index (χ3v) is 2.71. The Labute approximate surface area is 94.3 Å². The highest BCUT2D eigenvalue weighted by atomic mass is 32.2. The molecule has 1 aromatic rings. The van der Waals surface area contributed by atoms with E-state index in [0.29, 0.717) is 10.7 Å². The third-order valence-electron chi connectivity index (χ3n) is 1.41. The van der Waals surface area contributed by atoms with Gasteiger partial charge in [0.15, 0.2) is 0 Å². The Bertz CT molecular complexity index is 325. The molecule has 0 unspecified atom stereocenters. The summed E-state index contributed by atoms with van der Waals surface area (Å²) in [5.74, 6) is 0. The molecular weight excluding hydrogens is 212 g/mol. The molecule has 1 aromatic heterocycles. The maximum absolute atomic E-state index is 5.45. The normalized spacial score (nSPS) is 11.4. The van der Waals surface area contributed by atoms with Gasteiger partial charge >= 0.3 is 0 Å². The zero-order chi connectivity index (χ0) is 10.8. The molecule has 14 heavy (non-hydrogen) atoms. The number of thioether (sulfide) groups is 1. The first-order chi connectivity index (χ1) is 6.38. The van der Waals surface area contributed by atoms with Crippen molar-refractivity contribution in [2.45, 2.75) is 30.4 Å². The van der Waals surface area contributed by atoms with Crippen LogP contribution in [0.3, 0.4) is 0 Å². The minimum Gasteiger partial charge on any atom is -0.388 e. The molecule has 2 N–H and O–H groups in total. The number of nitrogens with two attached hydrogens (primary N) is 1. The Hall–Kier alpha value is -0.610. The molecule has 0 radical (unpaired) electrons. The molecule has 0 amide bonds. The second-order valence-corrected chi connectivity index (χ2v) is 6.30. The van der Waals surface area contributed by atoms with Crippen LogP contribution in [-0.4, -0.2) is 14.7 Å². The number of rotatable bonds is 2. The number of aromatic nitrogens is 1. The van der Waals surface area contributed by atoms with Gasteiger partial charge in [-0.3, -0.25) is 4.98 Å². The Balaban J connectivity index is 2.79. The first kappa shape index (κ1) is 11.5. The number of hydrogen-bond donors (Lipinski definition) is 1. The number of nitrogens with zero attached hydrogens (tertiary/aromatic N) is 1. The van der Waals surface area contributed by atoms with Crippen LogP contribution >= 0.6 is 24.0 Å². The van der Waals surface area contributed by atoms with E-state index >= 15 is 0 Å². The summed E-state index contributed by atoms with van der Waals surface area (Å²) >= 11 is 6.60. The third kappa shape index (κ3) is 3.64. The molecule has 2 nitrogen and oxygen atoms in total. The lowest BCUT2D eigenvalue weighted by Gasteiger charge is -2.17. The predicted molar refractivity (Wildman–Crippen MR) is 65.7 cm³/mol. The smallest absolute Gasteiger partial charge is 0.122 e. The van der Waals surface area contributed by atoms with Crippen LogP contribution in [0.5, 0.6) is 0 Å². The number of thiocarbonyl (C=S) groups is 1. The lowest BCUT2D eigenvalue weighted by molar-refractivity contribution is 0.802. The zero-order valence-electron chi connectivity index (χ0n) is 8.57. The van der Waals surface area contributed by atoms with Crippen molar-refractivity contribution in [1.82, 2.24) is 4.98 Å². The van der Waals surface area contributed by atoms with E-state index in [9.17, 15) is 0 Å². The maximum atomic E-state index is 5.45. The van der Waals surface area contributed by atoms with Crippen molar-refractivity contribution in [2.24, 2.45) is 5.73 Å². The van der Waals surface area contributed by atoms with Crippen LogP contribution in [0.1, 0.15) is 26.5 Å². The first-order valence-electron chi connectivity index (χ1n) is 4.33. The minimum absolute atomic E-state index is 0.201. The van der Waals surface area contributed by atoms with Crippen LogP contribution in [0.25, 0.3) is 0 Å². The fourth-order valence-corrected chi connectivity index (χ4v) is 2.01. The molecule has 0 bridgehead atoms. The predicted octanol–water partition coefficient (Wildman–Crippen LogP) is 2.61. The second-order valence-electron chi connectivity index (χ2n) is 3.96. The van der Waals surface area contributed by atoms with Gasteiger partial charge in [-0.2, -0.15) is 0 Å². The van der Waals surface area contributed by atoms with Gasteiger partial charge in [0.25, 0.3) is 0 Å². The quantitative estimate of drug-likeness (QED) is 0.621. The summed E-state index contributed by atoms with van der Waals surface area (Å²) in [5, 5.41) is 0. The summed E-state index contributed by atoms with van der Waals surface area (Å²) in [6.07, 6.45) is 1.81. The van der Waals surface area contributed by atoms with E-state index in [2.05, 4.69) is 25.8 Å². The molecule has 0 spiro atoms. The molecule has 0 aromatic carbocycles. The molecule has 4 heteroatoms. The van der Waals surface area contributed by atoms with Gasteiger partial charge in [-0.15, -0.1) is 11.8 Å². The summed E-state index contributed by atoms with van der Waals surface area (Å²) in [4.78, 5) is 5.66. The lowest BCUT2D eigenvalue weighted by atomic mass is 10.3. The molecule has 1 heterocycles. The van der Waals surface area contributed by atoms with Crippen LogP contribution in [0, 0.1) is 0 Å². The monoisotopic (exact) mass is 226 g/mol. The van der Waals surface area contributed by atoms with Crippen molar-refractivity contribution < 1.29 is 0 Å². The molecular formula is C10H14N2S2. The minimum atomic E-state index is 0.201. The van der Waals surface area contributed by atoms with Gasteiger partial charge in [0, 0.05) is 15.8 Å². The Kier molecular flexibility index (Phi) is 3.50. The highest BCUT2D eigenvalue weighted by Gasteiger charge is 2.12. The lowest BCUT2D eigenvalue weighted by Crippen LogP contribution is -2.11. The zero-order valence-corrected chi connectivity index (χ0v) is 10.2. The summed E-state index contributed by atoms with van der Waals surface area (Å²) in [6.45, 7) is 6.50. The molecule has 0 aliphatic carbocycles. The SMILES string of the molecule is CC(C)(C)Sc1ccc(C(N)=S)nc1. The molecule has 0 saturated heterocycles. The van der Waals surface area contributed by atoms with E-state index < -0.39 is 0 Å². The van der Waals surface area contributed by atoms with Crippen molar-refractivity contribution >= 4 is 29.0 Å². The van der Waals surface area contributed by atoms with Crippen molar-refractivity contribution in [3.05, 3.63) is 24.0 Å². The molecule has 0 fully saturated rings. The van der Waals surface area contributed by atoms with Crippen LogP contribution in [0.15, 0.2) is 23.2 Å². The van der Waals surface area contributed by atoms with Gasteiger partial charge in [0.05, 0.1) is 5.69 Å². The number of pyridine rings is 1. The standard InChI is InChI=1S/C10H14N2S2/c1-10(2,3)14-7-4-5-8(9(11)13)12-6-7/h4-6H,1-3H3,(H2,11,13). The van der Waals surface area contributed by atoms with E-state index in [0.717, 1.165) is 4.90 Å². The Morgan fingerprint density at radius 2 is 2.07 bits per heavy atom. The van der Waals surface area contributed by atoms with Gasteiger partial charge in [0.2, 0.25) is 0 Å². The van der Waals surface area contributed by atoms with Crippen molar-refractivity contribution in [2.75, 3.05) is 0 Å². The van der Waals surface area contributed by atoms with Gasteiger partial charge in [0.1, 0.15) is 4.99 Å². The summed E-state index contributed by atoms with van der Waals surface area (Å²) in [6, 6.07) is 3.85. The van der Waals surface area contributed by atoms with E-state index in [-0.39, 0.29) is 4.75 Å². The highest BCUT2D eigenvalue weighted by Crippen LogP contribution is 2.30. The fraction of sp³-hybridized carbons (Fsp3) is 0.400. The largest absolute Gasteiger partial charge is 0.388 e. The summed E-state index contributed by atoms with van der Waals surface area (Å²) in [5.41, 5.74) is 6.13. The maximum Gasteiger partial charge on any atom is 0.122 e. The van der Waals surface area contributed by atoms with E-state index in [4.69, 9.17) is 18.0 Å². The van der Waals surface area contributed by atoms with Gasteiger partial charge in [-0.1, -0.05) is 33.0 Å². The highest BCUT2D eigenvalue weighted by molar-refractivity contribution is 8.00. The average Bonchev–Trinajstić information content (AvgIpc) is 2.02. The molecule has 0 aliphatic rings. The van der Waals surface area contributed by atoms with Crippen LogP contribution in [0.2, 0.25) is 0 Å². The topological polar surface area (TPSA) is 38.9 Å². The van der Waals surface area contributed by atoms with Crippen LogP contribution in [-0.2, 0) is 0 Å². The first-order valence-corrected chi connectivity index (χ1v) is 5.56. The van der Waals surface area contributed by atoms with E-state index in [1.54, 1.807) is 11.8 Å². The van der Waals surface area contributed by atoms with E-state index in [1.165, 1.54) is 0 Å². The van der Waals surface area contributed by atoms with Gasteiger partial charge < -0.3 is 5.73 Å². The molecule has 1 rings (SSSR count). The molecule has 0 aliphatic heterocycles. The summed E-state index contributed by atoms with van der Waals surface area (Å²) < 4.78 is 0.201. The Morgan fingerprint density at radius 3 is 2.43 bits per heavy atom. The molecule has 0 atom stereocenters. The Morgan fingerprint density at radius 1 is 1.43 bits per heavy atom. The fourth-order valence-electron chi connectivity index (χ4n) is 0.940. The molecule has 0 saturated carbocycles. The average molecular weight is 226 g/mol. The summed E-state index contributed by atoms with van der Waals surface area (Å²) in [7, 11) is 0. The number of hydrogen-bond acceptors (Lipinski definition) is 3. The second kappa shape index (κ2) is 4.28. The van der Waals surface area contributed by atoms with Crippen LogP contribution < -0.4 is 5.73 Å². The van der Waals surface area contributed by atoms with Gasteiger partial charge in [-0.05, 0) is 12.1 Å². The van der Waals surface area contributed by atoms with Gasteiger partial charge in [-0.25, -0.2) is 0 Å².